The second-order valence-electron chi connectivity index (χ2n) is 4.69. The second-order valence-corrected chi connectivity index (χ2v) is 4.69. The summed E-state index contributed by atoms with van der Waals surface area (Å²) in [6.45, 7) is 4.35. The van der Waals surface area contributed by atoms with E-state index in [4.69, 9.17) is 4.74 Å². The van der Waals surface area contributed by atoms with Crippen molar-refractivity contribution >= 4 is 24.0 Å². The monoisotopic (exact) mass is 284 g/mol. The Bertz CT molecular complexity index is 402. The second kappa shape index (κ2) is 7.48. The molecule has 5 heteroatoms. The number of hydrogen-bond acceptors (Lipinski definition) is 3. The van der Waals surface area contributed by atoms with Gasteiger partial charge in [0, 0.05) is 25.8 Å². The molecule has 1 aliphatic heterocycles. The molecular weight excluding hydrogens is 264 g/mol. The van der Waals surface area contributed by atoms with Gasteiger partial charge in [-0.25, -0.2) is 0 Å². The molecule has 1 unspecified atom stereocenters. The zero-order valence-corrected chi connectivity index (χ0v) is 12.2. The van der Waals surface area contributed by atoms with Crippen molar-refractivity contribution < 1.29 is 9.53 Å². The number of amides is 1. The summed E-state index contributed by atoms with van der Waals surface area (Å²) >= 11 is 0. The first-order chi connectivity index (χ1) is 8.66. The zero-order chi connectivity index (χ0) is 13.0. The third kappa shape index (κ3) is 4.49. The molecule has 0 aliphatic carbocycles. The Balaban J connectivity index is 0.00000180. The highest BCUT2D eigenvalue weighted by Gasteiger charge is 2.20. The highest BCUT2D eigenvalue weighted by molar-refractivity contribution is 5.93. The maximum atomic E-state index is 12.1. The molecule has 1 aromatic carbocycles. The van der Waals surface area contributed by atoms with E-state index in [-0.39, 0.29) is 24.4 Å². The van der Waals surface area contributed by atoms with Gasteiger partial charge in [-0.1, -0.05) is 17.7 Å². The fraction of sp³-hybridized carbons (Fsp3) is 0.500. The summed E-state index contributed by atoms with van der Waals surface area (Å²) in [5.74, 6) is 0.0903. The predicted molar refractivity (Wildman–Crippen MR) is 79.1 cm³/mol. The predicted octanol–water partition coefficient (Wildman–Crippen LogP) is 1.76. The number of nitrogens with one attached hydrogen (secondary N) is 1. The van der Waals surface area contributed by atoms with Crippen LogP contribution in [0.3, 0.4) is 0 Å². The number of aryl methyl sites for hydroxylation is 1. The van der Waals surface area contributed by atoms with Crippen LogP contribution in [0.4, 0.5) is 5.69 Å². The molecular formula is C14H21ClN2O2. The minimum Gasteiger partial charge on any atom is -0.375 e. The molecule has 0 aromatic heterocycles. The first kappa shape index (κ1) is 16.0. The van der Waals surface area contributed by atoms with Crippen molar-refractivity contribution in [1.29, 1.82) is 0 Å². The molecule has 1 amide bonds. The lowest BCUT2D eigenvalue weighted by molar-refractivity contribution is -0.121. The molecule has 1 fully saturated rings. The quantitative estimate of drug-likeness (QED) is 0.920. The third-order valence-electron chi connectivity index (χ3n) is 3.20. The van der Waals surface area contributed by atoms with Gasteiger partial charge < -0.3 is 15.0 Å². The van der Waals surface area contributed by atoms with E-state index in [1.165, 1.54) is 5.56 Å². The molecule has 0 bridgehead atoms. The van der Waals surface area contributed by atoms with Gasteiger partial charge in [0.1, 0.15) is 0 Å². The Kier molecular flexibility index (Phi) is 6.28. The lowest BCUT2D eigenvalue weighted by atomic mass is 10.2. The lowest BCUT2D eigenvalue weighted by Gasteiger charge is -2.25. The standard InChI is InChI=1S/C14H20N2O2.ClH/c1-11-3-5-12(6-4-11)16(2)14(17)9-13-10-15-7-8-18-13;/h3-6,13,15H,7-10H2,1-2H3;1H. The van der Waals surface area contributed by atoms with Crippen LogP contribution < -0.4 is 10.2 Å². The van der Waals surface area contributed by atoms with E-state index in [2.05, 4.69) is 5.32 Å². The van der Waals surface area contributed by atoms with Gasteiger partial charge in [0.25, 0.3) is 0 Å². The zero-order valence-electron chi connectivity index (χ0n) is 11.4. The van der Waals surface area contributed by atoms with E-state index >= 15 is 0 Å². The molecule has 0 spiro atoms. The Hall–Kier alpha value is -1.10. The average Bonchev–Trinajstić information content (AvgIpc) is 2.40. The van der Waals surface area contributed by atoms with Crippen molar-refractivity contribution in [2.45, 2.75) is 19.4 Å². The third-order valence-corrected chi connectivity index (χ3v) is 3.20. The summed E-state index contributed by atoms with van der Waals surface area (Å²) < 4.78 is 5.54. The van der Waals surface area contributed by atoms with Crippen LogP contribution >= 0.6 is 12.4 Å². The van der Waals surface area contributed by atoms with Crippen LogP contribution in [0.5, 0.6) is 0 Å². The maximum Gasteiger partial charge on any atom is 0.229 e. The Morgan fingerprint density at radius 1 is 1.42 bits per heavy atom. The number of anilines is 1. The van der Waals surface area contributed by atoms with Gasteiger partial charge >= 0.3 is 0 Å². The minimum absolute atomic E-state index is 0. The number of rotatable bonds is 3. The topological polar surface area (TPSA) is 41.6 Å². The van der Waals surface area contributed by atoms with Crippen LogP contribution in [0.15, 0.2) is 24.3 Å². The number of nitrogens with zero attached hydrogens (tertiary/aromatic N) is 1. The average molecular weight is 285 g/mol. The van der Waals surface area contributed by atoms with Gasteiger partial charge in [-0.15, -0.1) is 12.4 Å². The number of ether oxygens (including phenoxy) is 1. The first-order valence-corrected chi connectivity index (χ1v) is 6.32. The molecule has 106 valence electrons. The maximum absolute atomic E-state index is 12.1. The van der Waals surface area contributed by atoms with Crippen molar-refractivity contribution in [3.05, 3.63) is 29.8 Å². The molecule has 0 saturated carbocycles. The largest absolute Gasteiger partial charge is 0.375 e. The fourth-order valence-corrected chi connectivity index (χ4v) is 1.99. The normalized spacial score (nSPS) is 18.5. The van der Waals surface area contributed by atoms with Gasteiger partial charge in [0.2, 0.25) is 5.91 Å². The number of benzene rings is 1. The summed E-state index contributed by atoms with van der Waals surface area (Å²) in [4.78, 5) is 13.8. The van der Waals surface area contributed by atoms with Crippen molar-refractivity contribution in [1.82, 2.24) is 5.32 Å². The summed E-state index contributed by atoms with van der Waals surface area (Å²) in [5.41, 5.74) is 2.12. The molecule has 1 aliphatic rings. The van der Waals surface area contributed by atoms with Gasteiger partial charge in [0.05, 0.1) is 19.1 Å². The van der Waals surface area contributed by atoms with Crippen LogP contribution in [0.25, 0.3) is 0 Å². The lowest BCUT2D eigenvalue weighted by Crippen LogP contribution is -2.41. The molecule has 1 heterocycles. The molecule has 1 N–H and O–H groups in total. The van der Waals surface area contributed by atoms with Crippen LogP contribution in [-0.2, 0) is 9.53 Å². The van der Waals surface area contributed by atoms with Crippen molar-refractivity contribution in [3.63, 3.8) is 0 Å². The van der Waals surface area contributed by atoms with Crippen molar-refractivity contribution in [2.75, 3.05) is 31.6 Å². The van der Waals surface area contributed by atoms with Gasteiger partial charge in [0.15, 0.2) is 0 Å². The van der Waals surface area contributed by atoms with E-state index < -0.39 is 0 Å². The van der Waals surface area contributed by atoms with E-state index in [1.54, 1.807) is 4.90 Å². The number of hydrogen-bond donors (Lipinski definition) is 1. The molecule has 19 heavy (non-hydrogen) atoms. The van der Waals surface area contributed by atoms with Gasteiger partial charge in [-0.2, -0.15) is 0 Å². The summed E-state index contributed by atoms with van der Waals surface area (Å²) in [7, 11) is 1.81. The summed E-state index contributed by atoms with van der Waals surface area (Å²) in [5, 5.41) is 3.23. The van der Waals surface area contributed by atoms with Crippen LogP contribution in [0, 0.1) is 6.92 Å². The Morgan fingerprint density at radius 3 is 2.68 bits per heavy atom. The van der Waals surface area contributed by atoms with Crippen molar-refractivity contribution in [2.24, 2.45) is 0 Å². The molecule has 0 radical (unpaired) electrons. The molecule has 1 aromatic rings. The smallest absolute Gasteiger partial charge is 0.229 e. The number of carbonyl (C=O) groups excluding carboxylic acids is 1. The molecule has 2 rings (SSSR count). The van der Waals surface area contributed by atoms with E-state index in [0.29, 0.717) is 13.0 Å². The SMILES string of the molecule is Cc1ccc(N(C)C(=O)CC2CNCCO2)cc1.Cl. The Morgan fingerprint density at radius 2 is 2.11 bits per heavy atom. The Labute approximate surface area is 120 Å². The summed E-state index contributed by atoms with van der Waals surface area (Å²) in [6, 6.07) is 7.95. The number of carbonyl (C=O) groups is 1. The highest BCUT2D eigenvalue weighted by atomic mass is 35.5. The van der Waals surface area contributed by atoms with Crippen LogP contribution in [-0.4, -0.2) is 38.8 Å². The number of halogens is 1. The molecule has 4 nitrogen and oxygen atoms in total. The number of morpholine rings is 1. The summed E-state index contributed by atoms with van der Waals surface area (Å²) in [6.07, 6.45) is 0.427. The van der Waals surface area contributed by atoms with Gasteiger partial charge in [-0.3, -0.25) is 4.79 Å². The van der Waals surface area contributed by atoms with Gasteiger partial charge in [-0.05, 0) is 19.1 Å². The van der Waals surface area contributed by atoms with E-state index in [9.17, 15) is 4.79 Å². The molecule has 1 saturated heterocycles. The van der Waals surface area contributed by atoms with E-state index in [1.807, 2.05) is 38.2 Å². The molecule has 1 atom stereocenters. The fourth-order valence-electron chi connectivity index (χ4n) is 1.99. The first-order valence-electron chi connectivity index (χ1n) is 6.32. The van der Waals surface area contributed by atoms with Crippen molar-refractivity contribution in [3.8, 4) is 0 Å². The highest BCUT2D eigenvalue weighted by Crippen LogP contribution is 2.15. The minimum atomic E-state index is -0.000789. The van der Waals surface area contributed by atoms with Crippen LogP contribution in [0.1, 0.15) is 12.0 Å². The van der Waals surface area contributed by atoms with E-state index in [0.717, 1.165) is 18.8 Å². The van der Waals surface area contributed by atoms with Crippen LogP contribution in [0.2, 0.25) is 0 Å².